The summed E-state index contributed by atoms with van der Waals surface area (Å²) in [6.45, 7) is 4.49. The molecule has 22 heavy (non-hydrogen) atoms. The van der Waals surface area contributed by atoms with E-state index in [4.69, 9.17) is 0 Å². The lowest BCUT2D eigenvalue weighted by atomic mass is 10.1. The normalized spacial score (nSPS) is 11.3. The van der Waals surface area contributed by atoms with Crippen molar-refractivity contribution in [1.29, 1.82) is 0 Å². The molecule has 6 nitrogen and oxygen atoms in total. The summed E-state index contributed by atoms with van der Waals surface area (Å²) >= 11 is 0. The number of H-pyrrole nitrogens is 1. The molecular formula is C16H19N5O. The number of nitrogens with one attached hydrogen (secondary N) is 2. The topological polar surface area (TPSA) is 75.6 Å². The first-order valence-electron chi connectivity index (χ1n) is 7.30. The Labute approximate surface area is 128 Å². The van der Waals surface area contributed by atoms with Gasteiger partial charge in [0.15, 0.2) is 5.82 Å². The van der Waals surface area contributed by atoms with Crippen molar-refractivity contribution in [2.75, 3.05) is 0 Å². The molecule has 2 N–H and O–H groups in total. The number of aromatic amines is 1. The van der Waals surface area contributed by atoms with Gasteiger partial charge in [0.05, 0.1) is 6.54 Å². The number of hydrogen-bond donors (Lipinski definition) is 2. The Balaban J connectivity index is 1.77. The Hall–Kier alpha value is -2.63. The van der Waals surface area contributed by atoms with Gasteiger partial charge in [-0.15, -0.1) is 10.2 Å². The predicted molar refractivity (Wildman–Crippen MR) is 84.6 cm³/mol. The summed E-state index contributed by atoms with van der Waals surface area (Å²) in [5, 5.41) is 12.1. The Morgan fingerprint density at radius 1 is 1.32 bits per heavy atom. The van der Waals surface area contributed by atoms with Crippen LogP contribution in [0.1, 0.15) is 41.8 Å². The van der Waals surface area contributed by atoms with E-state index in [0.717, 1.165) is 22.6 Å². The van der Waals surface area contributed by atoms with E-state index in [-0.39, 0.29) is 5.91 Å². The number of benzene rings is 1. The highest BCUT2D eigenvalue weighted by atomic mass is 16.1. The maximum Gasteiger partial charge on any atom is 0.252 e. The first-order valence-corrected chi connectivity index (χ1v) is 7.30. The fourth-order valence-corrected chi connectivity index (χ4v) is 2.57. The molecule has 0 aliphatic carbocycles. The van der Waals surface area contributed by atoms with Gasteiger partial charge in [0.2, 0.25) is 0 Å². The maximum absolute atomic E-state index is 12.4. The summed E-state index contributed by atoms with van der Waals surface area (Å²) in [7, 11) is 1.92. The molecule has 1 aromatic carbocycles. The van der Waals surface area contributed by atoms with Gasteiger partial charge in [-0.3, -0.25) is 4.79 Å². The molecule has 6 heteroatoms. The lowest BCUT2D eigenvalue weighted by molar-refractivity contribution is 0.0951. The van der Waals surface area contributed by atoms with Gasteiger partial charge in [-0.25, -0.2) is 0 Å². The molecule has 2 heterocycles. The van der Waals surface area contributed by atoms with E-state index in [1.807, 2.05) is 42.1 Å². The molecule has 0 saturated carbocycles. The van der Waals surface area contributed by atoms with Crippen LogP contribution >= 0.6 is 0 Å². The first kappa shape index (κ1) is 14.3. The average Bonchev–Trinajstić information content (AvgIpc) is 3.10. The van der Waals surface area contributed by atoms with Gasteiger partial charge in [-0.1, -0.05) is 19.9 Å². The van der Waals surface area contributed by atoms with Gasteiger partial charge in [0.1, 0.15) is 5.82 Å². The highest BCUT2D eigenvalue weighted by molar-refractivity contribution is 6.06. The van der Waals surface area contributed by atoms with Gasteiger partial charge in [0.25, 0.3) is 5.91 Å². The number of amides is 1. The van der Waals surface area contributed by atoms with Crippen LogP contribution in [-0.2, 0) is 13.6 Å². The molecule has 0 fully saturated rings. The fraction of sp³-hybridized carbons (Fsp3) is 0.312. The third-order valence-electron chi connectivity index (χ3n) is 3.76. The highest BCUT2D eigenvalue weighted by Gasteiger charge is 2.14. The summed E-state index contributed by atoms with van der Waals surface area (Å²) < 4.78 is 1.93. The van der Waals surface area contributed by atoms with E-state index in [0.29, 0.717) is 18.0 Å². The van der Waals surface area contributed by atoms with E-state index in [2.05, 4.69) is 34.3 Å². The average molecular weight is 297 g/mol. The number of carbonyl (C=O) groups excluding carboxylic acids is 1. The molecule has 3 aromatic rings. The van der Waals surface area contributed by atoms with Crippen LogP contribution in [0.2, 0.25) is 0 Å². The van der Waals surface area contributed by atoms with Crippen LogP contribution in [0.4, 0.5) is 0 Å². The highest BCUT2D eigenvalue weighted by Crippen LogP contribution is 2.17. The van der Waals surface area contributed by atoms with Crippen molar-refractivity contribution in [2.45, 2.75) is 26.3 Å². The van der Waals surface area contributed by atoms with Gasteiger partial charge in [0, 0.05) is 35.6 Å². The third kappa shape index (κ3) is 2.47. The molecule has 0 spiro atoms. The van der Waals surface area contributed by atoms with E-state index < -0.39 is 0 Å². The molecule has 0 atom stereocenters. The number of rotatable bonds is 4. The third-order valence-corrected chi connectivity index (χ3v) is 3.76. The van der Waals surface area contributed by atoms with Gasteiger partial charge in [-0.05, 0) is 18.2 Å². The monoisotopic (exact) mass is 297 g/mol. The summed E-state index contributed by atoms with van der Waals surface area (Å²) in [6, 6.07) is 7.54. The number of carbonyl (C=O) groups is 1. The number of hydrogen-bond acceptors (Lipinski definition) is 3. The van der Waals surface area contributed by atoms with Crippen molar-refractivity contribution in [3.8, 4) is 0 Å². The van der Waals surface area contributed by atoms with Crippen LogP contribution in [-0.4, -0.2) is 25.7 Å². The molecule has 0 aliphatic rings. The van der Waals surface area contributed by atoms with Crippen molar-refractivity contribution in [3.63, 3.8) is 0 Å². The Bertz CT molecular complexity index is 815. The van der Waals surface area contributed by atoms with Crippen LogP contribution < -0.4 is 5.32 Å². The summed E-state index contributed by atoms with van der Waals surface area (Å²) in [5.74, 6) is 1.85. The van der Waals surface area contributed by atoms with E-state index in [1.54, 1.807) is 0 Å². The maximum atomic E-state index is 12.4. The summed E-state index contributed by atoms with van der Waals surface area (Å²) in [6.07, 6.45) is 1.83. The fourth-order valence-electron chi connectivity index (χ4n) is 2.57. The largest absolute Gasteiger partial charge is 0.361 e. The second kappa shape index (κ2) is 5.63. The van der Waals surface area contributed by atoms with Gasteiger partial charge < -0.3 is 14.9 Å². The minimum absolute atomic E-state index is 0.112. The molecular weight excluding hydrogens is 278 g/mol. The lowest BCUT2D eigenvalue weighted by Gasteiger charge is -2.08. The van der Waals surface area contributed by atoms with Crippen molar-refractivity contribution >= 4 is 16.8 Å². The van der Waals surface area contributed by atoms with Crippen LogP contribution in [0.3, 0.4) is 0 Å². The van der Waals surface area contributed by atoms with Crippen molar-refractivity contribution in [1.82, 2.24) is 25.1 Å². The van der Waals surface area contributed by atoms with Crippen LogP contribution in [0, 0.1) is 0 Å². The minimum atomic E-state index is -0.112. The molecule has 0 radical (unpaired) electrons. The van der Waals surface area contributed by atoms with Crippen LogP contribution in [0.25, 0.3) is 10.9 Å². The number of nitrogens with zero attached hydrogens (tertiary/aromatic N) is 3. The van der Waals surface area contributed by atoms with E-state index >= 15 is 0 Å². The molecule has 2 aromatic heterocycles. The Morgan fingerprint density at radius 2 is 2.14 bits per heavy atom. The molecule has 3 rings (SSSR count). The summed E-state index contributed by atoms with van der Waals surface area (Å²) in [5.41, 5.74) is 1.61. The first-order chi connectivity index (χ1) is 10.6. The molecule has 0 bridgehead atoms. The quantitative estimate of drug-likeness (QED) is 0.776. The Kier molecular flexibility index (Phi) is 3.66. The smallest absolute Gasteiger partial charge is 0.252 e. The van der Waals surface area contributed by atoms with E-state index in [1.165, 1.54) is 0 Å². The lowest BCUT2D eigenvalue weighted by Crippen LogP contribution is -2.24. The summed E-state index contributed by atoms with van der Waals surface area (Å²) in [4.78, 5) is 15.5. The zero-order chi connectivity index (χ0) is 15.7. The predicted octanol–water partition coefficient (Wildman–Crippen LogP) is 2.35. The molecule has 114 valence electrons. The standard InChI is InChI=1S/C16H19N5O/c1-10(2)15-20-19-14(21(15)3)9-18-16(22)12-5-4-6-13-11(12)7-8-17-13/h4-8,10,17H,9H2,1-3H3,(H,18,22). The van der Waals surface area contributed by atoms with Crippen molar-refractivity contribution < 1.29 is 4.79 Å². The van der Waals surface area contributed by atoms with Crippen LogP contribution in [0.15, 0.2) is 30.5 Å². The number of fused-ring (bicyclic) bond motifs is 1. The van der Waals surface area contributed by atoms with Crippen molar-refractivity contribution in [2.24, 2.45) is 7.05 Å². The van der Waals surface area contributed by atoms with Crippen LogP contribution in [0.5, 0.6) is 0 Å². The molecule has 0 saturated heterocycles. The second-order valence-electron chi connectivity index (χ2n) is 5.62. The van der Waals surface area contributed by atoms with Crippen molar-refractivity contribution in [3.05, 3.63) is 47.7 Å². The molecule has 0 unspecified atom stereocenters. The minimum Gasteiger partial charge on any atom is -0.361 e. The molecule has 1 amide bonds. The zero-order valence-electron chi connectivity index (χ0n) is 12.9. The van der Waals surface area contributed by atoms with E-state index in [9.17, 15) is 4.79 Å². The van der Waals surface area contributed by atoms with Gasteiger partial charge in [-0.2, -0.15) is 0 Å². The Morgan fingerprint density at radius 3 is 2.86 bits per heavy atom. The number of aromatic nitrogens is 4. The SMILES string of the molecule is CC(C)c1nnc(CNC(=O)c2cccc3[nH]ccc23)n1C. The molecule has 0 aliphatic heterocycles. The second-order valence-corrected chi connectivity index (χ2v) is 5.62. The van der Waals surface area contributed by atoms with Gasteiger partial charge >= 0.3 is 0 Å². The zero-order valence-corrected chi connectivity index (χ0v) is 12.9.